The van der Waals surface area contributed by atoms with E-state index >= 15 is 0 Å². The van der Waals surface area contributed by atoms with Gasteiger partial charge in [-0.1, -0.05) is 13.3 Å². The van der Waals surface area contributed by atoms with Crippen molar-refractivity contribution >= 4 is 0 Å². The molecule has 1 fully saturated rings. The predicted molar refractivity (Wildman–Crippen MR) is 77.2 cm³/mol. The molecule has 2 rings (SSSR count). The fourth-order valence-electron chi connectivity index (χ4n) is 2.38. The molecule has 0 aromatic carbocycles. The topological polar surface area (TPSA) is 51.4 Å². The van der Waals surface area contributed by atoms with Crippen LogP contribution in [-0.4, -0.2) is 36.1 Å². The Kier molecular flexibility index (Phi) is 5.61. The lowest BCUT2D eigenvalue weighted by Crippen LogP contribution is -2.33. The molecule has 4 nitrogen and oxygen atoms in total. The number of aromatic nitrogens is 1. The first kappa shape index (κ1) is 14.3. The van der Waals surface area contributed by atoms with Crippen molar-refractivity contribution in [2.75, 3.05) is 26.2 Å². The molecular weight excluding hydrogens is 238 g/mol. The van der Waals surface area contributed by atoms with E-state index in [1.807, 2.05) is 12.1 Å². The molecule has 106 valence electrons. The normalized spacial score (nSPS) is 18.2. The van der Waals surface area contributed by atoms with Crippen LogP contribution in [0.2, 0.25) is 0 Å². The van der Waals surface area contributed by atoms with Gasteiger partial charge in [-0.05, 0) is 44.5 Å². The lowest BCUT2D eigenvalue weighted by Gasteiger charge is -2.26. The van der Waals surface area contributed by atoms with E-state index in [0.717, 1.165) is 31.0 Å². The molecule has 0 radical (unpaired) electrons. The minimum Gasteiger partial charge on any atom is -0.491 e. The molecule has 0 amide bonds. The third-order valence-corrected chi connectivity index (χ3v) is 3.70. The fraction of sp³-hybridized carbons (Fsp3) is 0.667. The van der Waals surface area contributed by atoms with Gasteiger partial charge in [0.1, 0.15) is 12.4 Å². The molecule has 2 N–H and O–H groups in total. The van der Waals surface area contributed by atoms with Crippen molar-refractivity contribution in [1.29, 1.82) is 0 Å². The van der Waals surface area contributed by atoms with Gasteiger partial charge < -0.3 is 10.5 Å². The van der Waals surface area contributed by atoms with Crippen LogP contribution in [-0.2, 0) is 0 Å². The van der Waals surface area contributed by atoms with Gasteiger partial charge in [-0.3, -0.25) is 9.88 Å². The van der Waals surface area contributed by atoms with Crippen molar-refractivity contribution < 1.29 is 4.74 Å². The second kappa shape index (κ2) is 7.46. The van der Waals surface area contributed by atoms with E-state index in [-0.39, 0.29) is 6.04 Å². The number of rotatable bonds is 6. The van der Waals surface area contributed by atoms with E-state index in [4.69, 9.17) is 10.5 Å². The van der Waals surface area contributed by atoms with Crippen molar-refractivity contribution in [3.63, 3.8) is 0 Å². The highest BCUT2D eigenvalue weighted by Gasteiger charge is 2.09. The Balaban J connectivity index is 1.73. The van der Waals surface area contributed by atoms with Crippen LogP contribution in [0.1, 0.15) is 44.3 Å². The summed E-state index contributed by atoms with van der Waals surface area (Å²) in [5.41, 5.74) is 6.87. The molecule has 1 unspecified atom stereocenters. The first-order valence-electron chi connectivity index (χ1n) is 7.36. The molecule has 1 aliphatic rings. The molecule has 0 spiro atoms. The minimum atomic E-state index is 0.0300. The first-order chi connectivity index (χ1) is 9.29. The summed E-state index contributed by atoms with van der Waals surface area (Å²) in [5, 5.41) is 0. The molecule has 1 aromatic heterocycles. The van der Waals surface area contributed by atoms with Gasteiger partial charge in [0.15, 0.2) is 0 Å². The molecule has 1 aliphatic heterocycles. The van der Waals surface area contributed by atoms with Gasteiger partial charge in [0.25, 0.3) is 0 Å². The smallest absolute Gasteiger partial charge is 0.137 e. The van der Waals surface area contributed by atoms with Crippen molar-refractivity contribution in [3.05, 3.63) is 24.0 Å². The number of pyridine rings is 1. The van der Waals surface area contributed by atoms with Crippen LogP contribution in [0.4, 0.5) is 0 Å². The van der Waals surface area contributed by atoms with Crippen LogP contribution >= 0.6 is 0 Å². The minimum absolute atomic E-state index is 0.0300. The Morgan fingerprint density at radius 3 is 2.74 bits per heavy atom. The molecule has 2 heterocycles. The van der Waals surface area contributed by atoms with Gasteiger partial charge in [0.2, 0.25) is 0 Å². The van der Waals surface area contributed by atoms with Gasteiger partial charge in [-0.2, -0.15) is 0 Å². The van der Waals surface area contributed by atoms with E-state index in [1.54, 1.807) is 6.20 Å². The summed E-state index contributed by atoms with van der Waals surface area (Å²) in [7, 11) is 0. The summed E-state index contributed by atoms with van der Waals surface area (Å²) in [5.74, 6) is 0.837. The zero-order valence-corrected chi connectivity index (χ0v) is 11.8. The number of piperidine rings is 1. The number of likely N-dealkylation sites (tertiary alicyclic amines) is 1. The van der Waals surface area contributed by atoms with Crippen molar-refractivity contribution in [2.45, 2.75) is 38.6 Å². The van der Waals surface area contributed by atoms with Gasteiger partial charge in [0.05, 0.1) is 11.9 Å². The molecule has 1 saturated heterocycles. The fourth-order valence-corrected chi connectivity index (χ4v) is 2.38. The lowest BCUT2D eigenvalue weighted by molar-refractivity contribution is 0.183. The third-order valence-electron chi connectivity index (χ3n) is 3.70. The molecule has 1 aromatic rings. The van der Waals surface area contributed by atoms with Crippen LogP contribution < -0.4 is 10.5 Å². The van der Waals surface area contributed by atoms with Gasteiger partial charge in [-0.15, -0.1) is 0 Å². The average molecular weight is 263 g/mol. The zero-order valence-electron chi connectivity index (χ0n) is 11.8. The summed E-state index contributed by atoms with van der Waals surface area (Å²) in [4.78, 5) is 6.82. The van der Waals surface area contributed by atoms with Crippen LogP contribution in [0.25, 0.3) is 0 Å². The van der Waals surface area contributed by atoms with Gasteiger partial charge >= 0.3 is 0 Å². The molecule has 19 heavy (non-hydrogen) atoms. The number of hydrogen-bond donors (Lipinski definition) is 1. The van der Waals surface area contributed by atoms with Crippen LogP contribution in [0.5, 0.6) is 5.75 Å². The van der Waals surface area contributed by atoms with Crippen molar-refractivity contribution in [1.82, 2.24) is 9.88 Å². The van der Waals surface area contributed by atoms with E-state index in [2.05, 4.69) is 16.8 Å². The molecule has 0 bridgehead atoms. The van der Waals surface area contributed by atoms with Crippen LogP contribution in [0.15, 0.2) is 18.3 Å². The SMILES string of the molecule is CCC(N)c1ccc(OCCN2CCCCC2)cn1. The molecule has 1 atom stereocenters. The van der Waals surface area contributed by atoms with E-state index < -0.39 is 0 Å². The Hall–Kier alpha value is -1.13. The molecule has 4 heteroatoms. The monoisotopic (exact) mass is 263 g/mol. The third kappa shape index (κ3) is 4.48. The molecule has 0 saturated carbocycles. The van der Waals surface area contributed by atoms with Gasteiger partial charge in [0, 0.05) is 12.6 Å². The van der Waals surface area contributed by atoms with Crippen molar-refractivity contribution in [3.8, 4) is 5.75 Å². The zero-order chi connectivity index (χ0) is 13.5. The average Bonchev–Trinajstić information content (AvgIpc) is 2.48. The van der Waals surface area contributed by atoms with Crippen LogP contribution in [0.3, 0.4) is 0 Å². The first-order valence-corrected chi connectivity index (χ1v) is 7.36. The second-order valence-corrected chi connectivity index (χ2v) is 5.18. The number of nitrogens with zero attached hydrogens (tertiary/aromatic N) is 2. The second-order valence-electron chi connectivity index (χ2n) is 5.18. The Morgan fingerprint density at radius 1 is 1.32 bits per heavy atom. The highest BCUT2D eigenvalue weighted by Crippen LogP contribution is 2.15. The van der Waals surface area contributed by atoms with E-state index in [1.165, 1.54) is 32.4 Å². The number of hydrogen-bond acceptors (Lipinski definition) is 4. The number of nitrogens with two attached hydrogens (primary N) is 1. The Bertz CT molecular complexity index is 360. The number of ether oxygens (including phenoxy) is 1. The highest BCUT2D eigenvalue weighted by molar-refractivity contribution is 5.21. The summed E-state index contributed by atoms with van der Waals surface area (Å²) in [6.07, 6.45) is 6.71. The van der Waals surface area contributed by atoms with Crippen LogP contribution in [0, 0.1) is 0 Å². The maximum atomic E-state index is 5.93. The highest BCUT2D eigenvalue weighted by atomic mass is 16.5. The predicted octanol–water partition coefficient (Wildman–Crippen LogP) is 2.36. The summed E-state index contributed by atoms with van der Waals surface area (Å²) in [6, 6.07) is 3.96. The summed E-state index contributed by atoms with van der Waals surface area (Å²) >= 11 is 0. The van der Waals surface area contributed by atoms with E-state index in [9.17, 15) is 0 Å². The maximum absolute atomic E-state index is 5.93. The summed E-state index contributed by atoms with van der Waals surface area (Å²) < 4.78 is 5.73. The maximum Gasteiger partial charge on any atom is 0.137 e. The summed E-state index contributed by atoms with van der Waals surface area (Å²) in [6.45, 7) is 6.24. The molecule has 0 aliphatic carbocycles. The largest absolute Gasteiger partial charge is 0.491 e. The quantitative estimate of drug-likeness (QED) is 0.856. The van der Waals surface area contributed by atoms with E-state index in [0.29, 0.717) is 0 Å². The standard InChI is InChI=1S/C15H25N3O/c1-2-14(16)15-7-6-13(12-17-15)19-11-10-18-8-4-3-5-9-18/h6-7,12,14H,2-5,8-11,16H2,1H3. The lowest BCUT2D eigenvalue weighted by atomic mass is 10.1. The Morgan fingerprint density at radius 2 is 2.11 bits per heavy atom. The molecular formula is C15H25N3O. The van der Waals surface area contributed by atoms with Crippen molar-refractivity contribution in [2.24, 2.45) is 5.73 Å². The van der Waals surface area contributed by atoms with Gasteiger partial charge in [-0.25, -0.2) is 0 Å². The Labute approximate surface area is 116 Å².